The van der Waals surface area contributed by atoms with Crippen molar-refractivity contribution in [3.8, 4) is 11.5 Å². The molecule has 9 nitrogen and oxygen atoms in total. The van der Waals surface area contributed by atoms with Gasteiger partial charge in [-0.3, -0.25) is 4.79 Å². The van der Waals surface area contributed by atoms with Gasteiger partial charge in [-0.2, -0.15) is 0 Å². The highest BCUT2D eigenvalue weighted by atomic mass is 16.4. The number of aromatic carboxylic acids is 1. The number of carbonyl (C=O) groups is 2. The summed E-state index contributed by atoms with van der Waals surface area (Å²) in [5.74, 6) is -2.11. The summed E-state index contributed by atoms with van der Waals surface area (Å²) in [6.45, 7) is 0.411. The van der Waals surface area contributed by atoms with Crippen LogP contribution in [0.4, 0.5) is 0 Å². The van der Waals surface area contributed by atoms with Gasteiger partial charge in [-0.05, 0) is 12.1 Å². The number of benzene rings is 1. The molecule has 2 aromatic rings. The first-order valence-corrected chi connectivity index (χ1v) is 5.90. The molecule has 1 heterocycles. The van der Waals surface area contributed by atoms with E-state index in [4.69, 9.17) is 5.11 Å². The maximum Gasteiger partial charge on any atom is 0.358 e. The molecule has 1 amide bonds. The van der Waals surface area contributed by atoms with E-state index in [0.29, 0.717) is 0 Å². The minimum Gasteiger partial charge on any atom is -0.508 e. The predicted octanol–water partition coefficient (Wildman–Crippen LogP) is -0.183. The smallest absolute Gasteiger partial charge is 0.358 e. The molecule has 0 aliphatic carbocycles. The highest BCUT2D eigenvalue weighted by Gasteiger charge is 2.10. The van der Waals surface area contributed by atoms with Crippen LogP contribution >= 0.6 is 0 Å². The Hall–Kier alpha value is -3.10. The van der Waals surface area contributed by atoms with Crippen molar-refractivity contribution in [2.45, 2.75) is 6.54 Å². The fraction of sp³-hybridized carbons (Fsp3) is 0.167. The highest BCUT2D eigenvalue weighted by molar-refractivity contribution is 5.95. The number of nitrogens with zero attached hydrogens (tertiary/aromatic N) is 3. The molecule has 21 heavy (non-hydrogen) atoms. The molecule has 0 unspecified atom stereocenters. The minimum atomic E-state index is -1.18. The molecular weight excluding hydrogens is 280 g/mol. The van der Waals surface area contributed by atoms with Gasteiger partial charge >= 0.3 is 5.97 Å². The van der Waals surface area contributed by atoms with E-state index in [0.717, 1.165) is 6.07 Å². The Bertz CT molecular complexity index is 662. The molecule has 2 rings (SSSR count). The molecular formula is C12H12N4O5. The van der Waals surface area contributed by atoms with Crippen LogP contribution in [0.5, 0.6) is 11.5 Å². The van der Waals surface area contributed by atoms with E-state index in [-0.39, 0.29) is 35.8 Å². The Morgan fingerprint density at radius 2 is 1.86 bits per heavy atom. The monoisotopic (exact) mass is 292 g/mol. The normalized spacial score (nSPS) is 10.3. The largest absolute Gasteiger partial charge is 0.508 e. The standard InChI is InChI=1S/C12H12N4O5/c17-8-3-7(4-9(18)5-8)11(19)13-1-2-16-6-10(12(20)21)14-15-16/h3-6,17-18H,1-2H2,(H,13,19)(H,20,21). The van der Waals surface area contributed by atoms with Crippen LogP contribution in [0.2, 0.25) is 0 Å². The summed E-state index contributed by atoms with van der Waals surface area (Å²) in [5.41, 5.74) is -0.0726. The summed E-state index contributed by atoms with van der Waals surface area (Å²) in [4.78, 5) is 22.4. The van der Waals surface area contributed by atoms with Crippen LogP contribution in [0.1, 0.15) is 20.8 Å². The molecule has 1 aromatic heterocycles. The van der Waals surface area contributed by atoms with Crippen molar-refractivity contribution >= 4 is 11.9 Å². The van der Waals surface area contributed by atoms with Gasteiger partial charge in [0.1, 0.15) is 11.5 Å². The zero-order valence-electron chi connectivity index (χ0n) is 10.7. The van der Waals surface area contributed by atoms with E-state index >= 15 is 0 Å². The van der Waals surface area contributed by atoms with Gasteiger partial charge in [0, 0.05) is 18.2 Å². The lowest BCUT2D eigenvalue weighted by atomic mass is 10.2. The summed E-state index contributed by atoms with van der Waals surface area (Å²) in [5, 5.41) is 36.8. The van der Waals surface area contributed by atoms with Crippen molar-refractivity contribution in [1.82, 2.24) is 20.3 Å². The number of aromatic nitrogens is 3. The second-order valence-electron chi connectivity index (χ2n) is 4.17. The SMILES string of the molecule is O=C(NCCn1cc(C(=O)O)nn1)c1cc(O)cc(O)c1. The van der Waals surface area contributed by atoms with E-state index in [1.807, 2.05) is 0 Å². The van der Waals surface area contributed by atoms with Crippen LogP contribution in [-0.2, 0) is 6.54 Å². The van der Waals surface area contributed by atoms with Gasteiger partial charge in [-0.15, -0.1) is 5.10 Å². The summed E-state index contributed by atoms with van der Waals surface area (Å²) in [7, 11) is 0. The molecule has 0 bridgehead atoms. The number of nitrogens with one attached hydrogen (secondary N) is 1. The topological polar surface area (TPSA) is 138 Å². The van der Waals surface area contributed by atoms with Crippen LogP contribution in [0.3, 0.4) is 0 Å². The molecule has 0 atom stereocenters. The molecule has 0 saturated carbocycles. The first kappa shape index (κ1) is 14.3. The molecule has 0 radical (unpaired) electrons. The Labute approximate surface area is 118 Å². The maximum atomic E-state index is 11.8. The number of hydrogen-bond acceptors (Lipinski definition) is 6. The Morgan fingerprint density at radius 3 is 2.43 bits per heavy atom. The van der Waals surface area contributed by atoms with Crippen LogP contribution in [0, 0.1) is 0 Å². The van der Waals surface area contributed by atoms with Crippen molar-refractivity contribution in [3.63, 3.8) is 0 Å². The second kappa shape index (κ2) is 5.90. The summed E-state index contributed by atoms with van der Waals surface area (Å²) in [6.07, 6.45) is 1.24. The molecule has 0 saturated heterocycles. The quantitative estimate of drug-likeness (QED) is 0.599. The average Bonchev–Trinajstić information content (AvgIpc) is 2.86. The average molecular weight is 292 g/mol. The van der Waals surface area contributed by atoms with E-state index in [2.05, 4.69) is 15.6 Å². The third-order valence-electron chi connectivity index (χ3n) is 2.55. The lowest BCUT2D eigenvalue weighted by Gasteiger charge is -2.06. The Morgan fingerprint density at radius 1 is 1.19 bits per heavy atom. The number of phenols is 2. The third kappa shape index (κ3) is 3.69. The zero-order valence-corrected chi connectivity index (χ0v) is 10.7. The van der Waals surface area contributed by atoms with Crippen LogP contribution in [0.25, 0.3) is 0 Å². The molecule has 0 aliphatic heterocycles. The number of aromatic hydroxyl groups is 2. The molecule has 0 fully saturated rings. The van der Waals surface area contributed by atoms with Crippen LogP contribution in [-0.4, -0.2) is 48.7 Å². The molecule has 0 aliphatic rings. The number of phenolic OH excluding ortho intramolecular Hbond substituents is 2. The van der Waals surface area contributed by atoms with E-state index in [9.17, 15) is 19.8 Å². The van der Waals surface area contributed by atoms with Crippen molar-refractivity contribution in [1.29, 1.82) is 0 Å². The van der Waals surface area contributed by atoms with Gasteiger partial charge in [-0.1, -0.05) is 5.21 Å². The van der Waals surface area contributed by atoms with Crippen LogP contribution in [0.15, 0.2) is 24.4 Å². The number of amides is 1. The summed E-state index contributed by atoms with van der Waals surface area (Å²) >= 11 is 0. The van der Waals surface area contributed by atoms with Gasteiger partial charge in [0.2, 0.25) is 0 Å². The molecule has 0 spiro atoms. The first-order chi connectivity index (χ1) is 9.95. The Kier molecular flexibility index (Phi) is 4.02. The van der Waals surface area contributed by atoms with E-state index in [1.165, 1.54) is 23.0 Å². The van der Waals surface area contributed by atoms with Crippen LogP contribution < -0.4 is 5.32 Å². The van der Waals surface area contributed by atoms with Gasteiger partial charge < -0.3 is 20.6 Å². The molecule has 110 valence electrons. The van der Waals surface area contributed by atoms with Gasteiger partial charge in [0.15, 0.2) is 5.69 Å². The maximum absolute atomic E-state index is 11.8. The van der Waals surface area contributed by atoms with E-state index in [1.54, 1.807) is 0 Å². The Balaban J connectivity index is 1.90. The lowest BCUT2D eigenvalue weighted by Crippen LogP contribution is -2.27. The molecule has 4 N–H and O–H groups in total. The van der Waals surface area contributed by atoms with Crippen molar-refractivity contribution in [2.75, 3.05) is 6.54 Å². The van der Waals surface area contributed by atoms with E-state index < -0.39 is 11.9 Å². The van der Waals surface area contributed by atoms with Crippen molar-refractivity contribution in [2.24, 2.45) is 0 Å². The zero-order chi connectivity index (χ0) is 15.4. The fourth-order valence-corrected chi connectivity index (χ4v) is 1.62. The predicted molar refractivity (Wildman–Crippen MR) is 69.1 cm³/mol. The summed E-state index contributed by atoms with van der Waals surface area (Å²) < 4.78 is 1.28. The number of carboxylic acids is 1. The van der Waals surface area contributed by atoms with Gasteiger partial charge in [0.05, 0.1) is 12.7 Å². The number of hydrogen-bond donors (Lipinski definition) is 4. The van der Waals surface area contributed by atoms with Gasteiger partial charge in [-0.25, -0.2) is 9.48 Å². The fourth-order valence-electron chi connectivity index (χ4n) is 1.62. The number of carbonyl (C=O) groups excluding carboxylic acids is 1. The van der Waals surface area contributed by atoms with Gasteiger partial charge in [0.25, 0.3) is 5.91 Å². The third-order valence-corrected chi connectivity index (χ3v) is 2.55. The summed E-state index contributed by atoms with van der Waals surface area (Å²) in [6, 6.07) is 3.54. The molecule has 9 heteroatoms. The number of rotatable bonds is 5. The highest BCUT2D eigenvalue weighted by Crippen LogP contribution is 2.20. The first-order valence-electron chi connectivity index (χ1n) is 5.90. The van der Waals surface area contributed by atoms with Crippen molar-refractivity contribution in [3.05, 3.63) is 35.7 Å². The molecule has 1 aromatic carbocycles. The van der Waals surface area contributed by atoms with Crippen molar-refractivity contribution < 1.29 is 24.9 Å². The minimum absolute atomic E-state index is 0.109. The number of carboxylic acid groups (broad SMARTS) is 1. The lowest BCUT2D eigenvalue weighted by molar-refractivity contribution is 0.0690. The second-order valence-corrected chi connectivity index (χ2v) is 4.17.